The van der Waals surface area contributed by atoms with Crippen LogP contribution in [0, 0.1) is 0 Å². The Balaban J connectivity index is 2.18. The molecule has 1 aliphatic heterocycles. The molecule has 0 spiro atoms. The molecule has 1 saturated heterocycles. The van der Waals surface area contributed by atoms with Crippen LogP contribution >= 0.6 is 0 Å². The minimum absolute atomic E-state index is 0.109. The number of amides is 1. The molecule has 68 valence electrons. The lowest BCUT2D eigenvalue weighted by Crippen LogP contribution is -2.20. The van der Waals surface area contributed by atoms with E-state index in [1.54, 1.807) is 0 Å². The van der Waals surface area contributed by atoms with E-state index in [4.69, 9.17) is 5.73 Å². The predicted octanol–water partition coefficient (Wildman–Crippen LogP) is 0.527. The molecule has 2 N–H and O–H groups in total. The number of nitrogens with two attached hydrogens (primary N) is 1. The number of nitrogens with zero attached hydrogens (tertiary/aromatic N) is 1. The molecule has 1 aromatic carbocycles. The van der Waals surface area contributed by atoms with Crippen LogP contribution in [0.4, 0.5) is 0 Å². The zero-order valence-corrected chi connectivity index (χ0v) is 7.47. The minimum atomic E-state index is -0.239. The van der Waals surface area contributed by atoms with E-state index in [0.29, 0.717) is 0 Å². The first-order valence-electron chi connectivity index (χ1n) is 4.28. The summed E-state index contributed by atoms with van der Waals surface area (Å²) in [6.45, 7) is 0. The summed E-state index contributed by atoms with van der Waals surface area (Å²) >= 11 is 0. The number of carbonyl (C=O) groups excluding carboxylic acids is 1. The Bertz CT molecular complexity index is 323. The normalized spacial score (nSPS) is 31.3. The van der Waals surface area contributed by atoms with E-state index in [1.807, 2.05) is 42.3 Å². The fraction of sp³-hybridized carbons (Fsp3) is 0.300. The molecule has 3 heteroatoms. The standard InChI is InChI=1S/C10H12N2O/c1-12-8(9(12)10(11)13)7-5-3-2-4-6-7/h2-6,8-9H,1H3,(H2,11,13)/t8-,9-,12?/m1/s1. The summed E-state index contributed by atoms with van der Waals surface area (Å²) in [5.41, 5.74) is 6.40. The van der Waals surface area contributed by atoms with E-state index in [1.165, 1.54) is 0 Å². The third-order valence-corrected chi connectivity index (χ3v) is 2.52. The first-order chi connectivity index (χ1) is 6.22. The zero-order chi connectivity index (χ0) is 9.42. The molecule has 1 unspecified atom stereocenters. The quantitative estimate of drug-likeness (QED) is 0.668. The highest BCUT2D eigenvalue weighted by molar-refractivity contribution is 5.84. The number of carbonyl (C=O) groups is 1. The molecule has 3 nitrogen and oxygen atoms in total. The van der Waals surface area contributed by atoms with Gasteiger partial charge < -0.3 is 5.73 Å². The summed E-state index contributed by atoms with van der Waals surface area (Å²) in [4.78, 5) is 12.9. The summed E-state index contributed by atoms with van der Waals surface area (Å²) in [6.07, 6.45) is 0. The minimum Gasteiger partial charge on any atom is -0.368 e. The van der Waals surface area contributed by atoms with Crippen molar-refractivity contribution in [1.82, 2.24) is 4.90 Å². The molecule has 1 fully saturated rings. The van der Waals surface area contributed by atoms with Crippen molar-refractivity contribution in [2.24, 2.45) is 5.73 Å². The molecule has 2 rings (SSSR count). The Kier molecular flexibility index (Phi) is 1.81. The van der Waals surface area contributed by atoms with Gasteiger partial charge in [0.15, 0.2) is 0 Å². The molecule has 3 atom stereocenters. The lowest BCUT2D eigenvalue weighted by molar-refractivity contribution is -0.118. The van der Waals surface area contributed by atoms with Gasteiger partial charge in [-0.05, 0) is 12.6 Å². The summed E-state index contributed by atoms with van der Waals surface area (Å²) < 4.78 is 0. The summed E-state index contributed by atoms with van der Waals surface area (Å²) in [7, 11) is 1.91. The van der Waals surface area contributed by atoms with Crippen LogP contribution in [-0.4, -0.2) is 23.9 Å². The first-order valence-corrected chi connectivity index (χ1v) is 4.28. The smallest absolute Gasteiger partial charge is 0.236 e. The second-order valence-electron chi connectivity index (χ2n) is 3.37. The third kappa shape index (κ3) is 1.31. The molecule has 0 saturated carbocycles. The van der Waals surface area contributed by atoms with Gasteiger partial charge in [0.05, 0.1) is 6.04 Å². The van der Waals surface area contributed by atoms with Crippen molar-refractivity contribution in [2.75, 3.05) is 7.05 Å². The molecular formula is C10H12N2O. The molecule has 0 aliphatic carbocycles. The Hall–Kier alpha value is -1.35. The fourth-order valence-corrected chi connectivity index (χ4v) is 1.76. The van der Waals surface area contributed by atoms with Gasteiger partial charge in [0, 0.05) is 0 Å². The van der Waals surface area contributed by atoms with Crippen LogP contribution in [0.5, 0.6) is 0 Å². The van der Waals surface area contributed by atoms with Gasteiger partial charge in [0.2, 0.25) is 5.91 Å². The predicted molar refractivity (Wildman–Crippen MR) is 49.9 cm³/mol. The molecular weight excluding hydrogens is 164 g/mol. The van der Waals surface area contributed by atoms with Crippen LogP contribution in [0.2, 0.25) is 0 Å². The maximum atomic E-state index is 10.9. The van der Waals surface area contributed by atoms with Crippen molar-refractivity contribution in [3.8, 4) is 0 Å². The molecule has 1 aliphatic rings. The van der Waals surface area contributed by atoms with Crippen LogP contribution in [0.1, 0.15) is 11.6 Å². The van der Waals surface area contributed by atoms with Crippen molar-refractivity contribution in [1.29, 1.82) is 0 Å². The van der Waals surface area contributed by atoms with Crippen LogP contribution in [0.15, 0.2) is 30.3 Å². The van der Waals surface area contributed by atoms with Crippen LogP contribution < -0.4 is 5.73 Å². The lowest BCUT2D eigenvalue weighted by Gasteiger charge is -1.95. The SMILES string of the molecule is CN1[C@H](c2ccccc2)[C@@H]1C(N)=O. The molecule has 13 heavy (non-hydrogen) atoms. The van der Waals surface area contributed by atoms with Crippen molar-refractivity contribution in [3.63, 3.8) is 0 Å². The topological polar surface area (TPSA) is 46.1 Å². The number of likely N-dealkylation sites (N-methyl/N-ethyl adjacent to an activating group) is 1. The van der Waals surface area contributed by atoms with Crippen molar-refractivity contribution >= 4 is 5.91 Å². The van der Waals surface area contributed by atoms with Gasteiger partial charge >= 0.3 is 0 Å². The van der Waals surface area contributed by atoms with Gasteiger partial charge in [0.1, 0.15) is 6.04 Å². The van der Waals surface area contributed by atoms with E-state index >= 15 is 0 Å². The van der Waals surface area contributed by atoms with Gasteiger partial charge in [-0.2, -0.15) is 0 Å². The lowest BCUT2D eigenvalue weighted by atomic mass is 10.1. The highest BCUT2D eigenvalue weighted by Crippen LogP contribution is 2.40. The second-order valence-corrected chi connectivity index (χ2v) is 3.37. The van der Waals surface area contributed by atoms with Crippen molar-refractivity contribution in [3.05, 3.63) is 35.9 Å². The Labute approximate surface area is 77.1 Å². The largest absolute Gasteiger partial charge is 0.368 e. The Morgan fingerprint density at radius 3 is 2.46 bits per heavy atom. The van der Waals surface area contributed by atoms with Gasteiger partial charge in [0.25, 0.3) is 0 Å². The van der Waals surface area contributed by atoms with Gasteiger partial charge in [-0.15, -0.1) is 0 Å². The monoisotopic (exact) mass is 176 g/mol. The van der Waals surface area contributed by atoms with Crippen molar-refractivity contribution in [2.45, 2.75) is 12.1 Å². The third-order valence-electron chi connectivity index (χ3n) is 2.52. The number of hydrogen-bond donors (Lipinski definition) is 1. The average Bonchev–Trinajstić information content (AvgIpc) is 2.79. The van der Waals surface area contributed by atoms with Gasteiger partial charge in [-0.1, -0.05) is 30.3 Å². The number of benzene rings is 1. The molecule has 1 aromatic rings. The zero-order valence-electron chi connectivity index (χ0n) is 7.47. The van der Waals surface area contributed by atoms with Gasteiger partial charge in [-0.25, -0.2) is 0 Å². The number of hydrogen-bond acceptors (Lipinski definition) is 2. The molecule has 1 amide bonds. The maximum absolute atomic E-state index is 10.9. The van der Waals surface area contributed by atoms with E-state index in [2.05, 4.69) is 0 Å². The summed E-state index contributed by atoms with van der Waals surface area (Å²) in [5, 5.41) is 0. The maximum Gasteiger partial charge on any atom is 0.236 e. The first kappa shape index (κ1) is 8.26. The van der Waals surface area contributed by atoms with Crippen LogP contribution in [-0.2, 0) is 4.79 Å². The molecule has 1 heterocycles. The fourth-order valence-electron chi connectivity index (χ4n) is 1.76. The average molecular weight is 176 g/mol. The number of rotatable bonds is 2. The van der Waals surface area contributed by atoms with Crippen LogP contribution in [0.3, 0.4) is 0 Å². The summed E-state index contributed by atoms with van der Waals surface area (Å²) in [6, 6.07) is 10.0. The molecule has 0 aromatic heterocycles. The van der Waals surface area contributed by atoms with E-state index in [0.717, 1.165) is 5.56 Å². The van der Waals surface area contributed by atoms with E-state index in [-0.39, 0.29) is 18.0 Å². The van der Waals surface area contributed by atoms with Crippen LogP contribution in [0.25, 0.3) is 0 Å². The molecule has 0 bridgehead atoms. The highest BCUT2D eigenvalue weighted by atomic mass is 16.1. The summed E-state index contributed by atoms with van der Waals surface area (Å²) in [5.74, 6) is -0.239. The molecule has 0 radical (unpaired) electrons. The van der Waals surface area contributed by atoms with Crippen molar-refractivity contribution < 1.29 is 4.79 Å². The van der Waals surface area contributed by atoms with E-state index < -0.39 is 0 Å². The Morgan fingerprint density at radius 1 is 1.38 bits per heavy atom. The Morgan fingerprint density at radius 2 is 2.00 bits per heavy atom. The second kappa shape index (κ2) is 2.85. The van der Waals surface area contributed by atoms with E-state index in [9.17, 15) is 4.79 Å². The highest BCUT2D eigenvalue weighted by Gasteiger charge is 2.49. The number of primary amides is 1. The van der Waals surface area contributed by atoms with Gasteiger partial charge in [-0.3, -0.25) is 9.69 Å².